The largest absolute Gasteiger partial charge is 0.356 e. The second-order valence-corrected chi connectivity index (χ2v) is 6.09. The summed E-state index contributed by atoms with van der Waals surface area (Å²) in [7, 11) is 1.79. The Morgan fingerprint density at radius 1 is 1.12 bits per heavy atom. The number of rotatable bonds is 8. The minimum atomic E-state index is -0.0493. The van der Waals surface area contributed by atoms with Crippen molar-refractivity contribution < 1.29 is 4.79 Å². The van der Waals surface area contributed by atoms with E-state index in [9.17, 15) is 4.79 Å². The molecule has 24 heavy (non-hydrogen) atoms. The molecule has 1 amide bonds. The van der Waals surface area contributed by atoms with E-state index in [-0.39, 0.29) is 29.9 Å². The van der Waals surface area contributed by atoms with E-state index in [0.29, 0.717) is 0 Å². The van der Waals surface area contributed by atoms with Gasteiger partial charge in [-0.05, 0) is 42.9 Å². The van der Waals surface area contributed by atoms with E-state index in [2.05, 4.69) is 34.8 Å². The van der Waals surface area contributed by atoms with Gasteiger partial charge in [-0.1, -0.05) is 26.0 Å². The zero-order chi connectivity index (χ0) is 17.1. The maximum absolute atomic E-state index is 11.0. The molecule has 1 aromatic carbocycles. The summed E-state index contributed by atoms with van der Waals surface area (Å²) < 4.78 is 0. The first-order valence-corrected chi connectivity index (χ1v) is 8.32. The first-order chi connectivity index (χ1) is 11.0. The number of hydrogen-bond acceptors (Lipinski definition) is 2. The van der Waals surface area contributed by atoms with Gasteiger partial charge in [-0.25, -0.2) is 0 Å². The molecule has 0 saturated carbocycles. The summed E-state index contributed by atoms with van der Waals surface area (Å²) in [5, 5.41) is 9.42. The van der Waals surface area contributed by atoms with Crippen LogP contribution in [0.4, 0.5) is 5.69 Å². The lowest BCUT2D eigenvalue weighted by atomic mass is 10.1. The molecular formula is C18H31IN4O. The number of amides is 1. The molecule has 0 spiro atoms. The van der Waals surface area contributed by atoms with Crippen LogP contribution >= 0.6 is 24.0 Å². The fraction of sp³-hybridized carbons (Fsp3) is 0.556. The average Bonchev–Trinajstić information content (AvgIpc) is 2.50. The second kappa shape index (κ2) is 13.0. The van der Waals surface area contributed by atoms with Gasteiger partial charge in [-0.2, -0.15) is 0 Å². The van der Waals surface area contributed by atoms with E-state index >= 15 is 0 Å². The zero-order valence-electron chi connectivity index (χ0n) is 15.2. The Balaban J connectivity index is 0.00000529. The molecule has 0 bridgehead atoms. The molecule has 0 radical (unpaired) electrons. The van der Waals surface area contributed by atoms with E-state index in [1.165, 1.54) is 18.9 Å². The van der Waals surface area contributed by atoms with Crippen molar-refractivity contribution in [2.45, 2.75) is 40.0 Å². The molecule has 3 N–H and O–H groups in total. The third-order valence-electron chi connectivity index (χ3n) is 3.45. The van der Waals surface area contributed by atoms with Crippen LogP contribution in [0.25, 0.3) is 0 Å². The van der Waals surface area contributed by atoms with Crippen molar-refractivity contribution in [3.8, 4) is 0 Å². The standard InChI is InChI=1S/C18H30N4O.HI/c1-14(2)6-5-12-20-18(19-4)21-13-11-16-7-9-17(10-8-16)22-15(3)23;/h7-10,14H,5-6,11-13H2,1-4H3,(H,22,23)(H2,19,20,21);1H. The van der Waals surface area contributed by atoms with Crippen molar-refractivity contribution in [2.75, 3.05) is 25.5 Å². The number of carbonyl (C=O) groups excluding carboxylic acids is 1. The lowest BCUT2D eigenvalue weighted by molar-refractivity contribution is -0.114. The summed E-state index contributed by atoms with van der Waals surface area (Å²) in [6, 6.07) is 7.92. The van der Waals surface area contributed by atoms with Gasteiger partial charge in [0.15, 0.2) is 5.96 Å². The minimum absolute atomic E-state index is 0. The molecule has 1 rings (SSSR count). The van der Waals surface area contributed by atoms with Crippen LogP contribution in [-0.4, -0.2) is 32.0 Å². The van der Waals surface area contributed by atoms with Crippen molar-refractivity contribution in [3.63, 3.8) is 0 Å². The monoisotopic (exact) mass is 446 g/mol. The Bertz CT molecular complexity index is 500. The van der Waals surface area contributed by atoms with Crippen LogP contribution in [0.15, 0.2) is 29.3 Å². The van der Waals surface area contributed by atoms with E-state index in [1.807, 2.05) is 24.3 Å². The highest BCUT2D eigenvalue weighted by molar-refractivity contribution is 14.0. The van der Waals surface area contributed by atoms with Gasteiger partial charge >= 0.3 is 0 Å². The molecule has 0 fully saturated rings. The number of nitrogens with one attached hydrogen (secondary N) is 3. The quantitative estimate of drug-likeness (QED) is 0.248. The summed E-state index contributed by atoms with van der Waals surface area (Å²) in [5.41, 5.74) is 2.05. The molecule has 136 valence electrons. The Morgan fingerprint density at radius 2 is 1.75 bits per heavy atom. The van der Waals surface area contributed by atoms with Crippen LogP contribution in [0.3, 0.4) is 0 Å². The predicted octanol–water partition coefficient (Wildman–Crippen LogP) is 3.41. The second-order valence-electron chi connectivity index (χ2n) is 6.09. The molecule has 0 unspecified atom stereocenters. The van der Waals surface area contributed by atoms with Gasteiger partial charge in [0.05, 0.1) is 0 Å². The third kappa shape index (κ3) is 10.5. The molecule has 5 nitrogen and oxygen atoms in total. The summed E-state index contributed by atoms with van der Waals surface area (Å²) in [6.45, 7) is 7.76. The van der Waals surface area contributed by atoms with Crippen molar-refractivity contribution in [2.24, 2.45) is 10.9 Å². The molecule has 0 heterocycles. The topological polar surface area (TPSA) is 65.5 Å². The summed E-state index contributed by atoms with van der Waals surface area (Å²) in [6.07, 6.45) is 3.29. The van der Waals surface area contributed by atoms with Gasteiger partial charge in [-0.3, -0.25) is 9.79 Å². The molecule has 0 aliphatic rings. The number of halogens is 1. The molecule has 0 aromatic heterocycles. The Morgan fingerprint density at radius 3 is 2.29 bits per heavy atom. The van der Waals surface area contributed by atoms with Gasteiger partial charge in [0.1, 0.15) is 0 Å². The Labute approximate surface area is 163 Å². The molecule has 1 aromatic rings. The molecule has 0 saturated heterocycles. The molecule has 6 heteroatoms. The molecule has 0 aliphatic carbocycles. The molecule has 0 aliphatic heterocycles. The van der Waals surface area contributed by atoms with Crippen molar-refractivity contribution in [1.82, 2.24) is 10.6 Å². The number of hydrogen-bond donors (Lipinski definition) is 3. The lowest BCUT2D eigenvalue weighted by Crippen LogP contribution is -2.38. The fourth-order valence-corrected chi connectivity index (χ4v) is 2.22. The average molecular weight is 446 g/mol. The lowest BCUT2D eigenvalue weighted by Gasteiger charge is -2.12. The van der Waals surface area contributed by atoms with Gasteiger partial charge in [-0.15, -0.1) is 24.0 Å². The van der Waals surface area contributed by atoms with Crippen molar-refractivity contribution in [1.29, 1.82) is 0 Å². The van der Waals surface area contributed by atoms with Gasteiger partial charge in [0.25, 0.3) is 0 Å². The fourth-order valence-electron chi connectivity index (χ4n) is 2.22. The Kier molecular flexibility index (Phi) is 12.3. The number of aliphatic imine (C=N–C) groups is 1. The van der Waals surface area contributed by atoms with Crippen LogP contribution in [0.2, 0.25) is 0 Å². The van der Waals surface area contributed by atoms with Gasteiger partial charge in [0, 0.05) is 32.7 Å². The minimum Gasteiger partial charge on any atom is -0.356 e. The van der Waals surface area contributed by atoms with E-state index < -0.39 is 0 Å². The van der Waals surface area contributed by atoms with Crippen LogP contribution < -0.4 is 16.0 Å². The van der Waals surface area contributed by atoms with Gasteiger partial charge in [0.2, 0.25) is 5.91 Å². The number of benzene rings is 1. The molecule has 0 atom stereocenters. The first-order valence-electron chi connectivity index (χ1n) is 8.32. The number of nitrogens with zero attached hydrogens (tertiary/aromatic N) is 1. The predicted molar refractivity (Wildman–Crippen MR) is 113 cm³/mol. The van der Waals surface area contributed by atoms with E-state index in [1.54, 1.807) is 7.05 Å². The van der Waals surface area contributed by atoms with E-state index in [4.69, 9.17) is 0 Å². The highest BCUT2D eigenvalue weighted by Gasteiger charge is 2.00. The first kappa shape index (κ1) is 22.7. The number of guanidine groups is 1. The van der Waals surface area contributed by atoms with Crippen LogP contribution in [0.5, 0.6) is 0 Å². The summed E-state index contributed by atoms with van der Waals surface area (Å²) in [5.74, 6) is 1.54. The maximum Gasteiger partial charge on any atom is 0.221 e. The summed E-state index contributed by atoms with van der Waals surface area (Å²) in [4.78, 5) is 15.2. The highest BCUT2D eigenvalue weighted by Crippen LogP contribution is 2.09. The Hall–Kier alpha value is -1.31. The molecular weight excluding hydrogens is 415 g/mol. The number of anilines is 1. The SMILES string of the molecule is CN=C(NCCCC(C)C)NCCc1ccc(NC(C)=O)cc1.I. The van der Waals surface area contributed by atoms with Crippen molar-refractivity contribution in [3.05, 3.63) is 29.8 Å². The third-order valence-corrected chi connectivity index (χ3v) is 3.45. The smallest absolute Gasteiger partial charge is 0.221 e. The van der Waals surface area contributed by atoms with Crippen LogP contribution in [0, 0.1) is 5.92 Å². The normalized spacial score (nSPS) is 11.0. The van der Waals surface area contributed by atoms with Crippen LogP contribution in [0.1, 0.15) is 39.2 Å². The highest BCUT2D eigenvalue weighted by atomic mass is 127. The summed E-state index contributed by atoms with van der Waals surface area (Å²) >= 11 is 0. The number of carbonyl (C=O) groups is 1. The van der Waals surface area contributed by atoms with Crippen molar-refractivity contribution >= 4 is 41.5 Å². The van der Waals surface area contributed by atoms with Crippen LogP contribution in [-0.2, 0) is 11.2 Å². The zero-order valence-corrected chi connectivity index (χ0v) is 17.5. The maximum atomic E-state index is 11.0. The van der Waals surface area contributed by atoms with E-state index in [0.717, 1.165) is 43.5 Å². The van der Waals surface area contributed by atoms with Gasteiger partial charge < -0.3 is 16.0 Å².